The largest absolute Gasteiger partial charge is 2.00 e. The van der Waals surface area contributed by atoms with Crippen LogP contribution in [0.5, 0.6) is 0 Å². The zero-order valence-corrected chi connectivity index (χ0v) is 20.5. The van der Waals surface area contributed by atoms with E-state index in [-0.39, 0.29) is 59.7 Å². The van der Waals surface area contributed by atoms with Gasteiger partial charge in [-0.3, -0.25) is 0 Å². The molecule has 0 fully saturated rings. The van der Waals surface area contributed by atoms with Crippen LogP contribution in [0.3, 0.4) is 0 Å². The Morgan fingerprint density at radius 1 is 0.185 bits per heavy atom. The first-order valence-corrected chi connectivity index (χ1v) is 2.68. The van der Waals surface area contributed by atoms with Gasteiger partial charge in [-0.25, -0.2) is 0 Å². The summed E-state index contributed by atoms with van der Waals surface area (Å²) in [7, 11) is 0. The van der Waals surface area contributed by atoms with Crippen molar-refractivity contribution >= 4 is 0 Å². The third kappa shape index (κ3) is 485. The average Bonchev–Trinajstić information content (AvgIpc) is 2.84. The molecule has 0 N–H and O–H groups in total. The standard InChI is InChI=1S/12CN.2Ir.Zn/c12*1-2;;;/q12*-1;;;+2. The SMILES string of the molecule is [C-]#N.[C-]#N.[C-]#N.[C-]#N.[C-]#N.[C-]#N.[C-]#N.[C-]#N.[C-]#N.[C-]#N.[C-]#N.[C-]#N.[Ir].[Ir].[Zn+2]. The smallest absolute Gasteiger partial charge is 0.512 e. The fourth-order valence-corrected chi connectivity index (χ4v) is 0. The Labute approximate surface area is 200 Å². The molecule has 0 aliphatic carbocycles. The normalized spacial score (nSPS) is 0.889. The third-order valence-electron chi connectivity index (χ3n) is 0. The van der Waals surface area contributed by atoms with Crippen LogP contribution in [0.1, 0.15) is 0 Å². The molecule has 0 bridgehead atoms. The number of hydrogen-bond donors (Lipinski definition) is 0. The molecule has 0 rings (SSSR count). The molecule has 0 unspecified atom stereocenters. The van der Waals surface area contributed by atoms with Crippen LogP contribution in [-0.2, 0) is 59.7 Å². The van der Waals surface area contributed by atoms with E-state index >= 15 is 0 Å². The van der Waals surface area contributed by atoms with E-state index in [4.69, 9.17) is 142 Å². The van der Waals surface area contributed by atoms with Gasteiger partial charge in [0.15, 0.2) is 0 Å². The molecular formula is C12Ir2N12Zn-10. The Kier molecular flexibility index (Phi) is 3530. The maximum absolute atomic E-state index is 6.25. The molecule has 138 valence electrons. The monoisotopic (exact) mass is 762 g/mol. The second kappa shape index (κ2) is 535. The van der Waals surface area contributed by atoms with Crippen molar-refractivity contribution in [2.75, 3.05) is 0 Å². The van der Waals surface area contributed by atoms with E-state index in [1.165, 1.54) is 0 Å². The van der Waals surface area contributed by atoms with Crippen LogP contribution in [0, 0.1) is 142 Å². The minimum atomic E-state index is 0. The number of hydrogen-bond acceptors (Lipinski definition) is 12. The Balaban J connectivity index is -0.00000000443. The Morgan fingerprint density at radius 2 is 0.185 bits per heavy atom. The fraction of sp³-hybridized carbons (Fsp3) is 0. The van der Waals surface area contributed by atoms with E-state index in [1.54, 1.807) is 0 Å². The summed E-state index contributed by atoms with van der Waals surface area (Å²) in [5.74, 6) is 0. The van der Waals surface area contributed by atoms with Crippen molar-refractivity contribution in [2.24, 2.45) is 0 Å². The van der Waals surface area contributed by atoms with Gasteiger partial charge in [-0.2, -0.15) is 0 Å². The molecule has 0 atom stereocenters. The average molecular weight is 762 g/mol. The molecule has 12 nitrogen and oxygen atoms in total. The molecule has 0 saturated heterocycles. The zero-order valence-electron chi connectivity index (χ0n) is 12.7. The van der Waals surface area contributed by atoms with Gasteiger partial charge in [-0.05, 0) is 0 Å². The maximum atomic E-state index is 6.25. The van der Waals surface area contributed by atoms with Gasteiger partial charge in [0.25, 0.3) is 0 Å². The zero-order chi connectivity index (χ0) is 24.0. The van der Waals surface area contributed by atoms with E-state index in [1.807, 2.05) is 0 Å². The van der Waals surface area contributed by atoms with Crippen molar-refractivity contribution in [1.29, 1.82) is 63.1 Å². The van der Waals surface area contributed by atoms with E-state index in [0.717, 1.165) is 0 Å². The summed E-state index contributed by atoms with van der Waals surface area (Å²) in [5.41, 5.74) is 0. The second-order valence-corrected chi connectivity index (χ2v) is 0. The molecule has 0 amide bonds. The van der Waals surface area contributed by atoms with Crippen molar-refractivity contribution in [2.45, 2.75) is 0 Å². The molecule has 0 aliphatic rings. The van der Waals surface area contributed by atoms with E-state index < -0.39 is 0 Å². The van der Waals surface area contributed by atoms with Gasteiger partial charge >= 0.3 is 19.5 Å². The van der Waals surface area contributed by atoms with Crippen LogP contribution in [0.4, 0.5) is 0 Å². The minimum absolute atomic E-state index is 0. The van der Waals surface area contributed by atoms with Crippen LogP contribution in [0.15, 0.2) is 0 Å². The van der Waals surface area contributed by atoms with Crippen molar-refractivity contribution in [1.82, 2.24) is 0 Å². The quantitative estimate of drug-likeness (QED) is 0.248. The van der Waals surface area contributed by atoms with E-state index in [2.05, 4.69) is 0 Å². The third-order valence-corrected chi connectivity index (χ3v) is 0. The van der Waals surface area contributed by atoms with Gasteiger partial charge in [0.1, 0.15) is 0 Å². The Morgan fingerprint density at radius 3 is 0.185 bits per heavy atom. The first kappa shape index (κ1) is 178. The topological polar surface area (TPSA) is 285 Å². The molecule has 0 heterocycles. The molecule has 0 aromatic rings. The van der Waals surface area contributed by atoms with E-state index in [0.29, 0.717) is 0 Å². The molecular weight excluding hydrogens is 762 g/mol. The predicted molar refractivity (Wildman–Crippen MR) is 59.6 cm³/mol. The summed E-state index contributed by atoms with van der Waals surface area (Å²) < 4.78 is 0. The molecule has 27 heavy (non-hydrogen) atoms. The molecule has 0 saturated carbocycles. The summed E-state index contributed by atoms with van der Waals surface area (Å²) in [6.07, 6.45) is 0. The van der Waals surface area contributed by atoms with Crippen LogP contribution in [-0.4, -0.2) is 0 Å². The molecule has 0 spiro atoms. The van der Waals surface area contributed by atoms with Gasteiger partial charge in [0.05, 0.1) is 0 Å². The van der Waals surface area contributed by atoms with Gasteiger partial charge < -0.3 is 142 Å². The minimum Gasteiger partial charge on any atom is -0.512 e. The van der Waals surface area contributed by atoms with E-state index in [9.17, 15) is 0 Å². The van der Waals surface area contributed by atoms with Crippen molar-refractivity contribution in [3.63, 3.8) is 0 Å². The maximum Gasteiger partial charge on any atom is 2.00 e. The van der Waals surface area contributed by atoms with Gasteiger partial charge in [0.2, 0.25) is 0 Å². The summed E-state index contributed by atoms with van der Waals surface area (Å²) in [5, 5.41) is 75.0. The Hall–Kier alpha value is -4.20. The molecule has 15 heteroatoms. The van der Waals surface area contributed by atoms with Gasteiger partial charge in [-0.1, -0.05) is 0 Å². The Bertz CT molecular complexity index is 226. The number of rotatable bonds is 0. The summed E-state index contributed by atoms with van der Waals surface area (Å²) >= 11 is 0. The molecule has 2 radical (unpaired) electrons. The van der Waals surface area contributed by atoms with Gasteiger partial charge in [0, 0.05) is 40.2 Å². The fourth-order valence-electron chi connectivity index (χ4n) is 0. The second-order valence-electron chi connectivity index (χ2n) is 0. The summed E-state index contributed by atoms with van der Waals surface area (Å²) in [6, 6.07) is 0. The molecule has 0 aromatic heterocycles. The summed E-state index contributed by atoms with van der Waals surface area (Å²) in [6.45, 7) is 57.0. The van der Waals surface area contributed by atoms with Crippen molar-refractivity contribution in [3.8, 4) is 0 Å². The number of nitrogens with zero attached hydrogens (tertiary/aromatic N) is 12. The molecule has 0 aliphatic heterocycles. The molecule has 0 aromatic carbocycles. The van der Waals surface area contributed by atoms with Crippen molar-refractivity contribution < 1.29 is 59.7 Å². The first-order chi connectivity index (χ1) is 12.0. The first-order valence-electron chi connectivity index (χ1n) is 2.68. The predicted octanol–water partition coefficient (Wildman–Crippen LogP) is 1.15. The summed E-state index contributed by atoms with van der Waals surface area (Å²) in [4.78, 5) is 0. The van der Waals surface area contributed by atoms with Crippen LogP contribution in [0.2, 0.25) is 0 Å². The van der Waals surface area contributed by atoms with Crippen LogP contribution in [0.25, 0.3) is 0 Å². The van der Waals surface area contributed by atoms with Crippen LogP contribution >= 0.6 is 0 Å². The van der Waals surface area contributed by atoms with Crippen LogP contribution < -0.4 is 0 Å². The van der Waals surface area contributed by atoms with Crippen molar-refractivity contribution in [3.05, 3.63) is 78.9 Å². The van der Waals surface area contributed by atoms with Gasteiger partial charge in [-0.15, -0.1) is 0 Å².